The SMILES string of the molecule is CCOc1nc(-c2ccc(C)cc2)cc(-c2ccccc2OCCOc2ccccc2-c2cc(-c3ccc(C)cc3)nc(OCC)c2C#N)c1C#N. The van der Waals surface area contributed by atoms with Crippen LogP contribution < -0.4 is 18.9 Å². The summed E-state index contributed by atoms with van der Waals surface area (Å²) in [6, 6.07) is 39.7. The number of pyridine rings is 2. The molecule has 8 nitrogen and oxygen atoms in total. The van der Waals surface area contributed by atoms with E-state index >= 15 is 0 Å². The fourth-order valence-corrected chi connectivity index (χ4v) is 5.84. The molecule has 0 aliphatic heterocycles. The van der Waals surface area contributed by atoms with Crippen LogP contribution in [0, 0.1) is 36.5 Å². The van der Waals surface area contributed by atoms with Gasteiger partial charge in [0.1, 0.15) is 48.0 Å². The molecule has 6 rings (SSSR count). The number of hydrogen-bond donors (Lipinski definition) is 0. The third-order valence-electron chi connectivity index (χ3n) is 8.41. The minimum absolute atomic E-state index is 0.210. The van der Waals surface area contributed by atoms with Gasteiger partial charge in [-0.25, -0.2) is 9.97 Å². The summed E-state index contributed by atoms with van der Waals surface area (Å²) < 4.78 is 24.4. The summed E-state index contributed by atoms with van der Waals surface area (Å²) in [5, 5.41) is 20.5. The highest BCUT2D eigenvalue weighted by molar-refractivity contribution is 5.82. The molecule has 0 atom stereocenters. The molecule has 0 N–H and O–H groups in total. The second-order valence-electron chi connectivity index (χ2n) is 12.0. The highest BCUT2D eigenvalue weighted by Crippen LogP contribution is 2.40. The van der Waals surface area contributed by atoms with Crippen molar-refractivity contribution in [3.8, 4) is 80.2 Å². The van der Waals surface area contributed by atoms with E-state index in [9.17, 15) is 10.5 Å². The van der Waals surface area contributed by atoms with E-state index in [0.717, 1.165) is 33.4 Å². The molecule has 0 aliphatic rings. The predicted molar refractivity (Wildman–Crippen MR) is 202 cm³/mol. The molecular formula is C44H38N4O4. The van der Waals surface area contributed by atoms with Crippen molar-refractivity contribution < 1.29 is 18.9 Å². The highest BCUT2D eigenvalue weighted by atomic mass is 16.5. The molecule has 0 saturated carbocycles. The van der Waals surface area contributed by atoms with Crippen LogP contribution in [-0.4, -0.2) is 36.4 Å². The van der Waals surface area contributed by atoms with E-state index in [0.29, 0.717) is 58.4 Å². The molecule has 4 aromatic carbocycles. The molecule has 8 heteroatoms. The Morgan fingerprint density at radius 2 is 0.885 bits per heavy atom. The van der Waals surface area contributed by atoms with E-state index in [4.69, 9.17) is 28.9 Å². The van der Waals surface area contributed by atoms with Crippen molar-refractivity contribution in [2.75, 3.05) is 26.4 Å². The number of rotatable bonds is 13. The van der Waals surface area contributed by atoms with Crippen molar-refractivity contribution in [1.82, 2.24) is 9.97 Å². The minimum Gasteiger partial charge on any atom is -0.489 e. The van der Waals surface area contributed by atoms with Crippen LogP contribution in [0.3, 0.4) is 0 Å². The van der Waals surface area contributed by atoms with Gasteiger partial charge < -0.3 is 18.9 Å². The Hall–Kier alpha value is -6.64. The molecule has 0 saturated heterocycles. The van der Waals surface area contributed by atoms with E-state index in [1.807, 2.05) is 137 Å². The first-order valence-electron chi connectivity index (χ1n) is 17.2. The Bertz CT molecular complexity index is 2110. The van der Waals surface area contributed by atoms with Gasteiger partial charge in [0.2, 0.25) is 11.8 Å². The van der Waals surface area contributed by atoms with Gasteiger partial charge in [-0.1, -0.05) is 96.1 Å². The lowest BCUT2D eigenvalue weighted by Gasteiger charge is -2.17. The number of aryl methyl sites for hydroxylation is 2. The van der Waals surface area contributed by atoms with E-state index in [1.54, 1.807) is 0 Å². The van der Waals surface area contributed by atoms with E-state index in [2.05, 4.69) is 12.1 Å². The fraction of sp³-hybridized carbons (Fsp3) is 0.182. The molecule has 52 heavy (non-hydrogen) atoms. The maximum Gasteiger partial charge on any atom is 0.232 e. The number of ether oxygens (including phenoxy) is 4. The summed E-state index contributed by atoms with van der Waals surface area (Å²) in [4.78, 5) is 9.42. The van der Waals surface area contributed by atoms with Crippen LogP contribution in [0.4, 0.5) is 0 Å². The molecule has 0 spiro atoms. The van der Waals surface area contributed by atoms with Crippen LogP contribution in [-0.2, 0) is 0 Å². The molecule has 0 bridgehead atoms. The maximum atomic E-state index is 10.3. The van der Waals surface area contributed by atoms with Gasteiger partial charge in [-0.05, 0) is 52.0 Å². The zero-order valence-corrected chi connectivity index (χ0v) is 29.6. The van der Waals surface area contributed by atoms with Crippen molar-refractivity contribution in [1.29, 1.82) is 10.5 Å². The number of nitrogens with zero attached hydrogens (tertiary/aromatic N) is 4. The Labute approximate surface area is 304 Å². The van der Waals surface area contributed by atoms with Gasteiger partial charge in [-0.15, -0.1) is 0 Å². The monoisotopic (exact) mass is 686 g/mol. The zero-order chi connectivity index (χ0) is 36.5. The van der Waals surface area contributed by atoms with Crippen LogP contribution in [0.1, 0.15) is 36.1 Å². The Morgan fingerprint density at radius 3 is 1.25 bits per heavy atom. The molecule has 0 aliphatic carbocycles. The number of hydrogen-bond acceptors (Lipinski definition) is 8. The van der Waals surface area contributed by atoms with E-state index in [1.165, 1.54) is 0 Å². The van der Waals surface area contributed by atoms with E-state index in [-0.39, 0.29) is 25.0 Å². The molecule has 6 aromatic rings. The number of nitriles is 2. The van der Waals surface area contributed by atoms with Crippen LogP contribution >= 0.6 is 0 Å². The average molecular weight is 687 g/mol. The number of para-hydroxylation sites is 2. The quantitative estimate of drug-likeness (QED) is 0.110. The topological polar surface area (TPSA) is 110 Å². The summed E-state index contributed by atoms with van der Waals surface area (Å²) in [5.74, 6) is 1.73. The Balaban J connectivity index is 1.28. The molecule has 0 unspecified atom stereocenters. The maximum absolute atomic E-state index is 10.3. The van der Waals surface area contributed by atoms with Gasteiger partial charge in [0.25, 0.3) is 0 Å². The summed E-state index contributed by atoms with van der Waals surface area (Å²) >= 11 is 0. The highest BCUT2D eigenvalue weighted by Gasteiger charge is 2.21. The third kappa shape index (κ3) is 7.72. The molecule has 0 fully saturated rings. The first-order chi connectivity index (χ1) is 25.4. The first-order valence-corrected chi connectivity index (χ1v) is 17.2. The molecule has 258 valence electrons. The van der Waals surface area contributed by atoms with Crippen molar-refractivity contribution in [3.05, 3.63) is 131 Å². The van der Waals surface area contributed by atoms with Crippen LogP contribution in [0.5, 0.6) is 23.3 Å². The van der Waals surface area contributed by atoms with Crippen LogP contribution in [0.25, 0.3) is 44.8 Å². The van der Waals surface area contributed by atoms with E-state index < -0.39 is 0 Å². The van der Waals surface area contributed by atoms with Gasteiger partial charge in [0, 0.05) is 33.4 Å². The van der Waals surface area contributed by atoms with Crippen LogP contribution in [0.15, 0.2) is 109 Å². The zero-order valence-electron chi connectivity index (χ0n) is 29.6. The third-order valence-corrected chi connectivity index (χ3v) is 8.41. The normalized spacial score (nSPS) is 10.6. The minimum atomic E-state index is 0.210. The molecule has 0 amide bonds. The lowest BCUT2D eigenvalue weighted by molar-refractivity contribution is 0.218. The largest absolute Gasteiger partial charge is 0.489 e. The Morgan fingerprint density at radius 1 is 0.500 bits per heavy atom. The lowest BCUT2D eigenvalue weighted by Crippen LogP contribution is -2.10. The second-order valence-corrected chi connectivity index (χ2v) is 12.0. The van der Waals surface area contributed by atoms with Crippen molar-refractivity contribution in [2.24, 2.45) is 0 Å². The second kappa shape index (κ2) is 16.4. The summed E-state index contributed by atoms with van der Waals surface area (Å²) in [7, 11) is 0. The van der Waals surface area contributed by atoms with Crippen LogP contribution in [0.2, 0.25) is 0 Å². The van der Waals surface area contributed by atoms with Crippen molar-refractivity contribution >= 4 is 0 Å². The first kappa shape index (κ1) is 35.2. The van der Waals surface area contributed by atoms with Gasteiger partial charge in [-0.3, -0.25) is 0 Å². The number of benzene rings is 4. The Kier molecular flexibility index (Phi) is 11.1. The molecule has 0 radical (unpaired) electrons. The average Bonchev–Trinajstić information content (AvgIpc) is 3.17. The van der Waals surface area contributed by atoms with Gasteiger partial charge in [-0.2, -0.15) is 10.5 Å². The number of aromatic nitrogens is 2. The van der Waals surface area contributed by atoms with Crippen molar-refractivity contribution in [2.45, 2.75) is 27.7 Å². The molecular weight excluding hydrogens is 649 g/mol. The standard InChI is InChI=1S/C44H38N4O4/c1-5-49-43-37(27-45)35(25-39(47-43)31-19-15-29(3)16-20-31)33-11-7-9-13-41(33)51-23-24-52-42-14-10-8-12-34(42)36-26-40(32-21-17-30(4)18-22-32)48-44(50-6-2)38(36)28-46/h7-22,25-26H,5-6,23-24H2,1-4H3. The van der Waals surface area contributed by atoms with Crippen molar-refractivity contribution in [3.63, 3.8) is 0 Å². The summed E-state index contributed by atoms with van der Waals surface area (Å²) in [5.41, 5.74) is 8.95. The smallest absolute Gasteiger partial charge is 0.232 e. The molecule has 2 aromatic heterocycles. The van der Waals surface area contributed by atoms with Gasteiger partial charge in [0.15, 0.2) is 0 Å². The van der Waals surface area contributed by atoms with Gasteiger partial charge in [0.05, 0.1) is 24.6 Å². The lowest BCUT2D eigenvalue weighted by atomic mass is 9.97. The summed E-state index contributed by atoms with van der Waals surface area (Å²) in [6.07, 6.45) is 0. The predicted octanol–water partition coefficient (Wildman–Crippen LogP) is 9.76. The summed E-state index contributed by atoms with van der Waals surface area (Å²) in [6.45, 7) is 8.96. The molecule has 2 heterocycles. The fourth-order valence-electron chi connectivity index (χ4n) is 5.84. The van der Waals surface area contributed by atoms with Gasteiger partial charge >= 0.3 is 0 Å².